The molecule has 0 aliphatic heterocycles. The molecule has 0 spiro atoms. The third-order valence-corrected chi connectivity index (χ3v) is 6.85. The molecule has 6 nitrogen and oxygen atoms in total. The van der Waals surface area contributed by atoms with Crippen molar-refractivity contribution in [2.45, 2.75) is 31.8 Å². The minimum absolute atomic E-state index is 0.192. The molecule has 0 aliphatic rings. The van der Waals surface area contributed by atoms with Gasteiger partial charge in [-0.25, -0.2) is 0 Å². The third kappa shape index (κ3) is 6.85. The Kier molecular flexibility index (Phi) is 9.00. The van der Waals surface area contributed by atoms with Gasteiger partial charge in [0.15, 0.2) is 0 Å². The summed E-state index contributed by atoms with van der Waals surface area (Å²) in [7, 11) is 3.22. The van der Waals surface area contributed by atoms with E-state index in [0.29, 0.717) is 24.3 Å². The number of carbonyl (C=O) groups excluding carboxylic acids is 2. The minimum Gasteiger partial charge on any atom is -0.497 e. The van der Waals surface area contributed by atoms with E-state index in [0.717, 1.165) is 22.4 Å². The van der Waals surface area contributed by atoms with E-state index in [-0.39, 0.29) is 18.4 Å². The second-order valence-electron chi connectivity index (χ2n) is 9.49. The van der Waals surface area contributed by atoms with Crippen LogP contribution in [-0.2, 0) is 29.0 Å². The summed E-state index contributed by atoms with van der Waals surface area (Å²) >= 11 is 0. The molecule has 0 fully saturated rings. The van der Waals surface area contributed by atoms with Crippen molar-refractivity contribution in [2.75, 3.05) is 19.5 Å². The molecule has 200 valence electrons. The number of anilines is 1. The highest BCUT2D eigenvalue weighted by Crippen LogP contribution is 2.31. The standard InChI is InChI=1S/C33H34N2O4/c1-25(36)35(24-28-14-18-30(38-2)19-15-28)33(22-26-10-6-4-7-11-26,23-27-12-8-5-9-13-27)32(37)34-29-16-20-31(39-3)21-17-29/h4-21H,22-24H2,1-3H3,(H,34,37). The zero-order valence-corrected chi connectivity index (χ0v) is 22.6. The molecule has 0 heterocycles. The normalized spacial score (nSPS) is 10.9. The fraction of sp³-hybridized carbons (Fsp3) is 0.212. The number of nitrogens with one attached hydrogen (secondary N) is 1. The Labute approximate surface area is 230 Å². The molecule has 0 aliphatic carbocycles. The molecule has 0 bridgehead atoms. The van der Waals surface area contributed by atoms with Gasteiger partial charge in [-0.15, -0.1) is 0 Å². The van der Waals surface area contributed by atoms with Crippen LogP contribution in [-0.4, -0.2) is 36.5 Å². The molecule has 4 aromatic carbocycles. The molecule has 0 aromatic heterocycles. The lowest BCUT2D eigenvalue weighted by Gasteiger charge is -2.43. The molecule has 4 aromatic rings. The van der Waals surface area contributed by atoms with E-state index in [4.69, 9.17) is 9.47 Å². The zero-order valence-electron chi connectivity index (χ0n) is 22.6. The largest absolute Gasteiger partial charge is 0.497 e. The monoisotopic (exact) mass is 522 g/mol. The maximum Gasteiger partial charge on any atom is 0.251 e. The Morgan fingerprint density at radius 1 is 0.667 bits per heavy atom. The summed E-state index contributed by atoms with van der Waals surface area (Å²) in [5.74, 6) is 0.967. The Hall–Kier alpha value is -4.58. The molecule has 2 amide bonds. The smallest absolute Gasteiger partial charge is 0.251 e. The van der Waals surface area contributed by atoms with E-state index in [1.807, 2.05) is 84.9 Å². The summed E-state index contributed by atoms with van der Waals surface area (Å²) in [5.41, 5.74) is 2.21. The SMILES string of the molecule is COc1ccc(CN(C(C)=O)C(Cc2ccccc2)(Cc2ccccc2)C(=O)Nc2ccc(OC)cc2)cc1. The first-order valence-electron chi connectivity index (χ1n) is 12.9. The number of benzene rings is 4. The predicted molar refractivity (Wildman–Crippen MR) is 154 cm³/mol. The van der Waals surface area contributed by atoms with Crippen LogP contribution < -0.4 is 14.8 Å². The molecule has 0 saturated heterocycles. The van der Waals surface area contributed by atoms with Crippen molar-refractivity contribution in [2.24, 2.45) is 0 Å². The van der Waals surface area contributed by atoms with Gasteiger partial charge in [0.05, 0.1) is 14.2 Å². The van der Waals surface area contributed by atoms with Crippen molar-refractivity contribution >= 4 is 17.5 Å². The molecule has 0 saturated carbocycles. The van der Waals surface area contributed by atoms with E-state index >= 15 is 0 Å². The third-order valence-electron chi connectivity index (χ3n) is 6.85. The summed E-state index contributed by atoms with van der Waals surface area (Å²) in [4.78, 5) is 29.6. The molecular formula is C33H34N2O4. The summed E-state index contributed by atoms with van der Waals surface area (Å²) < 4.78 is 10.6. The highest BCUT2D eigenvalue weighted by Gasteiger charge is 2.46. The Morgan fingerprint density at radius 3 is 1.56 bits per heavy atom. The van der Waals surface area contributed by atoms with Gasteiger partial charge in [0.2, 0.25) is 5.91 Å². The first kappa shape index (κ1) is 27.5. The summed E-state index contributed by atoms with van der Waals surface area (Å²) in [6.45, 7) is 1.78. The van der Waals surface area contributed by atoms with Crippen LogP contribution in [0.5, 0.6) is 11.5 Å². The van der Waals surface area contributed by atoms with Crippen molar-refractivity contribution in [1.82, 2.24) is 4.90 Å². The second kappa shape index (κ2) is 12.8. The Balaban J connectivity index is 1.83. The van der Waals surface area contributed by atoms with Crippen molar-refractivity contribution in [1.29, 1.82) is 0 Å². The average molecular weight is 523 g/mol. The molecular weight excluding hydrogens is 488 g/mol. The molecule has 0 atom stereocenters. The fourth-order valence-electron chi connectivity index (χ4n) is 4.80. The second-order valence-corrected chi connectivity index (χ2v) is 9.49. The molecule has 6 heteroatoms. The van der Waals surface area contributed by atoms with Crippen molar-refractivity contribution < 1.29 is 19.1 Å². The van der Waals surface area contributed by atoms with Gasteiger partial charge in [0.25, 0.3) is 5.91 Å². The highest BCUT2D eigenvalue weighted by molar-refractivity contribution is 6.01. The Bertz CT molecular complexity index is 1310. The van der Waals surface area contributed by atoms with Crippen LogP contribution in [0, 0.1) is 0 Å². The first-order chi connectivity index (χ1) is 18.9. The number of rotatable bonds is 11. The first-order valence-corrected chi connectivity index (χ1v) is 12.9. The van der Waals surface area contributed by atoms with Gasteiger partial charge in [0.1, 0.15) is 17.0 Å². The van der Waals surface area contributed by atoms with E-state index in [9.17, 15) is 9.59 Å². The van der Waals surface area contributed by atoms with Gasteiger partial charge in [-0.05, 0) is 53.1 Å². The van der Waals surface area contributed by atoms with Crippen molar-refractivity contribution in [3.8, 4) is 11.5 Å². The highest BCUT2D eigenvalue weighted by atomic mass is 16.5. The number of amides is 2. The lowest BCUT2D eigenvalue weighted by atomic mass is 9.81. The van der Waals surface area contributed by atoms with Crippen LogP contribution in [0.3, 0.4) is 0 Å². The van der Waals surface area contributed by atoms with Crippen LogP contribution in [0.1, 0.15) is 23.6 Å². The van der Waals surface area contributed by atoms with Crippen LogP contribution in [0.2, 0.25) is 0 Å². The van der Waals surface area contributed by atoms with Crippen molar-refractivity contribution in [3.63, 3.8) is 0 Å². The van der Waals surface area contributed by atoms with Crippen LogP contribution in [0.15, 0.2) is 109 Å². The fourth-order valence-corrected chi connectivity index (χ4v) is 4.80. The van der Waals surface area contributed by atoms with Gasteiger partial charge in [-0.2, -0.15) is 0 Å². The van der Waals surface area contributed by atoms with Gasteiger partial charge in [-0.3, -0.25) is 9.59 Å². The molecule has 1 N–H and O–H groups in total. The molecule has 4 rings (SSSR count). The molecule has 0 radical (unpaired) electrons. The zero-order chi connectivity index (χ0) is 27.7. The predicted octanol–water partition coefficient (Wildman–Crippen LogP) is 5.92. The number of carbonyl (C=O) groups is 2. The maximum atomic E-state index is 14.5. The summed E-state index contributed by atoms with van der Waals surface area (Å²) in [5, 5.41) is 3.11. The number of ether oxygens (including phenoxy) is 2. The average Bonchev–Trinajstić information content (AvgIpc) is 2.97. The van der Waals surface area contributed by atoms with Crippen molar-refractivity contribution in [3.05, 3.63) is 126 Å². The number of methoxy groups -OCH3 is 2. The van der Waals surface area contributed by atoms with E-state index < -0.39 is 5.54 Å². The van der Waals surface area contributed by atoms with Crippen LogP contribution in [0.25, 0.3) is 0 Å². The minimum atomic E-state index is -1.23. The number of hydrogen-bond acceptors (Lipinski definition) is 4. The van der Waals surface area contributed by atoms with Gasteiger partial charge >= 0.3 is 0 Å². The van der Waals surface area contributed by atoms with Crippen LogP contribution in [0.4, 0.5) is 5.69 Å². The van der Waals surface area contributed by atoms with Gasteiger partial charge in [0, 0.05) is 32.0 Å². The lowest BCUT2D eigenvalue weighted by Crippen LogP contribution is -2.61. The quantitative estimate of drug-likeness (QED) is 0.266. The topological polar surface area (TPSA) is 67.9 Å². The van der Waals surface area contributed by atoms with Crippen LogP contribution >= 0.6 is 0 Å². The van der Waals surface area contributed by atoms with E-state index in [1.165, 1.54) is 6.92 Å². The Morgan fingerprint density at radius 2 is 1.13 bits per heavy atom. The molecule has 0 unspecified atom stereocenters. The summed E-state index contributed by atoms with van der Waals surface area (Å²) in [6, 6.07) is 34.4. The number of nitrogens with zero attached hydrogens (tertiary/aromatic N) is 1. The van der Waals surface area contributed by atoms with Gasteiger partial charge in [-0.1, -0.05) is 72.8 Å². The maximum absolute atomic E-state index is 14.5. The summed E-state index contributed by atoms with van der Waals surface area (Å²) in [6.07, 6.45) is 0.668. The number of hydrogen-bond donors (Lipinski definition) is 1. The van der Waals surface area contributed by atoms with E-state index in [1.54, 1.807) is 43.4 Å². The lowest BCUT2D eigenvalue weighted by molar-refractivity contribution is -0.145. The van der Waals surface area contributed by atoms with E-state index in [2.05, 4.69) is 5.32 Å². The molecule has 39 heavy (non-hydrogen) atoms. The van der Waals surface area contributed by atoms with Gasteiger partial charge < -0.3 is 19.7 Å².